The molecule has 6 unspecified atom stereocenters. The van der Waals surface area contributed by atoms with Gasteiger partial charge in [-0.1, -0.05) is 0 Å². The predicted octanol–water partition coefficient (Wildman–Crippen LogP) is -5.80. The Kier molecular flexibility index (Phi) is 10.6. The number of hydrogen-bond donors (Lipinski definition) is 8. The highest BCUT2D eigenvalue weighted by atomic mass is 16.8. The number of hydrogen-bond acceptors (Lipinski definition) is 15. The molecule has 0 aromatic carbocycles. The third-order valence-electron chi connectivity index (χ3n) is 6.90. The molecule has 1 amide bonds. The number of nitrogens with zero attached hydrogens (tertiary/aromatic N) is 1. The summed E-state index contributed by atoms with van der Waals surface area (Å²) in [5.74, 6) is 0. The summed E-state index contributed by atoms with van der Waals surface area (Å²) in [6.45, 7) is 0.0223. The van der Waals surface area contributed by atoms with Crippen molar-refractivity contribution in [2.75, 3.05) is 27.4 Å². The van der Waals surface area contributed by atoms with Crippen LogP contribution in [0.2, 0.25) is 0 Å². The second kappa shape index (κ2) is 12.8. The molecule has 0 saturated carbocycles. The minimum absolute atomic E-state index is 0.431. The SMILES string of the molecule is CO[C@@H]1OC(CO)[C@@H](O[C@@H]2OC(CO)[C@H](O)[C@H](O)C2O)[C@H](O[C@@H]2OC(C)[C@@H](O)C(O)[C@@H]2O)C1N(C)C=O. The fourth-order valence-corrected chi connectivity index (χ4v) is 4.67. The summed E-state index contributed by atoms with van der Waals surface area (Å²) >= 11 is 0. The van der Waals surface area contributed by atoms with Crippen molar-refractivity contribution in [1.29, 1.82) is 0 Å². The molecule has 216 valence electrons. The summed E-state index contributed by atoms with van der Waals surface area (Å²) in [6, 6.07) is -1.12. The summed E-state index contributed by atoms with van der Waals surface area (Å²) in [4.78, 5) is 12.8. The number of amides is 1. The van der Waals surface area contributed by atoms with Gasteiger partial charge in [-0.3, -0.25) is 4.79 Å². The molecule has 15 atom stereocenters. The van der Waals surface area contributed by atoms with Crippen molar-refractivity contribution in [3.63, 3.8) is 0 Å². The van der Waals surface area contributed by atoms with E-state index in [9.17, 15) is 45.6 Å². The first-order valence-corrected chi connectivity index (χ1v) is 11.8. The lowest BCUT2D eigenvalue weighted by molar-refractivity contribution is -0.376. The minimum Gasteiger partial charge on any atom is -0.394 e. The molecule has 3 heterocycles. The van der Waals surface area contributed by atoms with Crippen LogP contribution in [0.4, 0.5) is 0 Å². The Morgan fingerprint density at radius 1 is 0.730 bits per heavy atom. The lowest BCUT2D eigenvalue weighted by atomic mass is 9.94. The van der Waals surface area contributed by atoms with E-state index in [0.29, 0.717) is 6.41 Å². The van der Waals surface area contributed by atoms with E-state index in [4.69, 9.17) is 28.4 Å². The van der Waals surface area contributed by atoms with Crippen LogP contribution in [0.25, 0.3) is 0 Å². The van der Waals surface area contributed by atoms with Crippen molar-refractivity contribution in [2.45, 2.75) is 99.0 Å². The second-order valence-corrected chi connectivity index (χ2v) is 9.30. The quantitative estimate of drug-likeness (QED) is 0.126. The topological polar surface area (TPSA) is 238 Å². The zero-order valence-electron chi connectivity index (χ0n) is 20.5. The molecule has 3 rings (SSSR count). The van der Waals surface area contributed by atoms with Gasteiger partial charge in [0.1, 0.15) is 67.1 Å². The van der Waals surface area contributed by atoms with Crippen molar-refractivity contribution in [1.82, 2.24) is 4.90 Å². The number of ether oxygens (including phenoxy) is 6. The van der Waals surface area contributed by atoms with Crippen molar-refractivity contribution in [3.05, 3.63) is 0 Å². The van der Waals surface area contributed by atoms with Gasteiger partial charge >= 0.3 is 0 Å². The highest BCUT2D eigenvalue weighted by Gasteiger charge is 2.55. The highest BCUT2D eigenvalue weighted by Crippen LogP contribution is 2.34. The fraction of sp³-hybridized carbons (Fsp3) is 0.952. The van der Waals surface area contributed by atoms with Crippen LogP contribution in [-0.4, -0.2) is 172 Å². The minimum atomic E-state index is -1.81. The first-order valence-electron chi connectivity index (χ1n) is 11.8. The van der Waals surface area contributed by atoms with Crippen LogP contribution in [0.3, 0.4) is 0 Å². The highest BCUT2D eigenvalue weighted by molar-refractivity contribution is 5.47. The van der Waals surface area contributed by atoms with Gasteiger partial charge in [0, 0.05) is 14.2 Å². The van der Waals surface area contributed by atoms with E-state index in [-0.39, 0.29) is 0 Å². The number of rotatable bonds is 9. The Morgan fingerprint density at radius 2 is 1.24 bits per heavy atom. The predicted molar refractivity (Wildman–Crippen MR) is 116 cm³/mol. The van der Waals surface area contributed by atoms with Crippen molar-refractivity contribution < 1.29 is 74.1 Å². The zero-order chi connectivity index (χ0) is 27.6. The van der Waals surface area contributed by atoms with Crippen LogP contribution in [0.15, 0.2) is 0 Å². The molecule has 0 aliphatic carbocycles. The third kappa shape index (κ3) is 6.07. The molecule has 3 aliphatic rings. The van der Waals surface area contributed by atoms with E-state index < -0.39 is 105 Å². The van der Waals surface area contributed by atoms with Crippen molar-refractivity contribution >= 4 is 6.41 Å². The fourth-order valence-electron chi connectivity index (χ4n) is 4.67. The van der Waals surface area contributed by atoms with Gasteiger partial charge in [-0.25, -0.2) is 0 Å². The van der Waals surface area contributed by atoms with E-state index in [2.05, 4.69) is 0 Å². The maximum absolute atomic E-state index is 11.7. The van der Waals surface area contributed by atoms with Gasteiger partial charge in [-0.2, -0.15) is 0 Å². The molecule has 8 N–H and O–H groups in total. The number of carbonyl (C=O) groups excluding carboxylic acids is 1. The Hall–Kier alpha value is -1.09. The van der Waals surface area contributed by atoms with Gasteiger partial charge in [0.25, 0.3) is 0 Å². The van der Waals surface area contributed by atoms with Crippen LogP contribution >= 0.6 is 0 Å². The summed E-state index contributed by atoms with van der Waals surface area (Å²) in [7, 11) is 2.64. The van der Waals surface area contributed by atoms with E-state index in [1.807, 2.05) is 0 Å². The average Bonchev–Trinajstić information content (AvgIpc) is 2.90. The number of likely N-dealkylation sites (N-methyl/N-ethyl adjacent to an activating group) is 1. The number of aliphatic hydroxyl groups excluding tert-OH is 8. The molecule has 16 heteroatoms. The van der Waals surface area contributed by atoms with Gasteiger partial charge in [-0.15, -0.1) is 0 Å². The van der Waals surface area contributed by atoms with Crippen molar-refractivity contribution in [2.24, 2.45) is 0 Å². The Balaban J connectivity index is 1.97. The van der Waals surface area contributed by atoms with Gasteiger partial charge in [-0.05, 0) is 6.92 Å². The molecule has 16 nitrogen and oxygen atoms in total. The number of carbonyl (C=O) groups is 1. The molecule has 3 saturated heterocycles. The second-order valence-electron chi connectivity index (χ2n) is 9.30. The maximum Gasteiger partial charge on any atom is 0.209 e. The van der Waals surface area contributed by atoms with Crippen LogP contribution in [0, 0.1) is 0 Å². The van der Waals surface area contributed by atoms with Gasteiger partial charge in [0.15, 0.2) is 18.9 Å². The molecule has 0 spiro atoms. The zero-order valence-corrected chi connectivity index (χ0v) is 20.5. The smallest absolute Gasteiger partial charge is 0.209 e. The first kappa shape index (κ1) is 30.5. The van der Waals surface area contributed by atoms with E-state index in [1.54, 1.807) is 0 Å². The van der Waals surface area contributed by atoms with Crippen LogP contribution in [0.5, 0.6) is 0 Å². The Bertz CT molecular complexity index is 732. The average molecular weight is 544 g/mol. The molecule has 3 fully saturated rings. The third-order valence-corrected chi connectivity index (χ3v) is 6.90. The molecular formula is C21H37NO15. The van der Waals surface area contributed by atoms with E-state index in [0.717, 1.165) is 4.90 Å². The number of methoxy groups -OCH3 is 1. The Labute approximate surface area is 212 Å². The molecule has 0 bridgehead atoms. The molecule has 3 aliphatic heterocycles. The van der Waals surface area contributed by atoms with Crippen LogP contribution in [-0.2, 0) is 33.2 Å². The Morgan fingerprint density at radius 3 is 1.78 bits per heavy atom. The molecular weight excluding hydrogens is 506 g/mol. The van der Waals surface area contributed by atoms with Crippen LogP contribution < -0.4 is 0 Å². The molecule has 0 aromatic heterocycles. The number of aliphatic hydroxyl groups is 8. The van der Waals surface area contributed by atoms with E-state index in [1.165, 1.54) is 21.1 Å². The van der Waals surface area contributed by atoms with Gasteiger partial charge in [0.05, 0.1) is 19.3 Å². The lowest BCUT2D eigenvalue weighted by Gasteiger charge is -2.51. The summed E-state index contributed by atoms with van der Waals surface area (Å²) < 4.78 is 33.9. The van der Waals surface area contributed by atoms with Crippen LogP contribution in [0.1, 0.15) is 6.92 Å². The molecule has 0 aromatic rings. The molecule has 0 radical (unpaired) electrons. The standard InChI is InChI=1S/C21H37NO15/c1-7-11(26)13(28)15(30)20(33-7)37-18-10(22(2)6-25)19(32-3)35-9(5-24)17(18)36-21-16(31)14(29)12(27)8(4-23)34-21/h6-21,23-24,26-31H,4-5H2,1-3H3/t7?,8?,9?,10?,11-,12+,13?,14+,15+,16?,17-,18-,19-,20+,21+/m1/s1. The monoisotopic (exact) mass is 543 g/mol. The normalized spacial score (nSPS) is 49.0. The molecule has 37 heavy (non-hydrogen) atoms. The van der Waals surface area contributed by atoms with Gasteiger partial charge in [0.2, 0.25) is 6.41 Å². The maximum atomic E-state index is 11.7. The summed E-state index contributed by atoms with van der Waals surface area (Å²) in [5.41, 5.74) is 0. The van der Waals surface area contributed by atoms with Crippen molar-refractivity contribution in [3.8, 4) is 0 Å². The first-order chi connectivity index (χ1) is 17.5. The van der Waals surface area contributed by atoms with E-state index >= 15 is 0 Å². The lowest BCUT2D eigenvalue weighted by Crippen LogP contribution is -2.69. The summed E-state index contributed by atoms with van der Waals surface area (Å²) in [5, 5.41) is 81.0. The van der Waals surface area contributed by atoms with Gasteiger partial charge < -0.3 is 74.2 Å². The largest absolute Gasteiger partial charge is 0.394 e. The summed E-state index contributed by atoms with van der Waals surface area (Å²) in [6.07, 6.45) is -20.3.